The fourth-order valence-corrected chi connectivity index (χ4v) is 2.72. The van der Waals surface area contributed by atoms with Crippen LogP contribution in [0.3, 0.4) is 0 Å². The van der Waals surface area contributed by atoms with E-state index in [2.05, 4.69) is 11.4 Å². The minimum absolute atomic E-state index is 0.170. The van der Waals surface area contributed by atoms with Crippen LogP contribution in [0.1, 0.15) is 24.1 Å². The second kappa shape index (κ2) is 8.24. The maximum Gasteiger partial charge on any atom is 0.169 e. The summed E-state index contributed by atoms with van der Waals surface area (Å²) >= 11 is 0. The van der Waals surface area contributed by atoms with Crippen LogP contribution in [0.4, 0.5) is 10.1 Å². The molecule has 4 nitrogen and oxygen atoms in total. The summed E-state index contributed by atoms with van der Waals surface area (Å²) in [5.41, 5.74) is 1.96. The van der Waals surface area contributed by atoms with Gasteiger partial charge in [-0.15, -0.1) is 0 Å². The highest BCUT2D eigenvalue weighted by Crippen LogP contribution is 2.33. The summed E-state index contributed by atoms with van der Waals surface area (Å²) in [6.45, 7) is 1.91. The van der Waals surface area contributed by atoms with E-state index in [1.165, 1.54) is 13.2 Å². The predicted molar refractivity (Wildman–Crippen MR) is 103 cm³/mol. The zero-order valence-electron chi connectivity index (χ0n) is 15.1. The van der Waals surface area contributed by atoms with E-state index < -0.39 is 0 Å². The smallest absolute Gasteiger partial charge is 0.169 e. The van der Waals surface area contributed by atoms with Crippen molar-refractivity contribution < 1.29 is 13.9 Å². The summed E-state index contributed by atoms with van der Waals surface area (Å²) in [5, 5.41) is 12.2. The second-order valence-electron chi connectivity index (χ2n) is 5.99. The highest BCUT2D eigenvalue weighted by molar-refractivity contribution is 5.51. The van der Waals surface area contributed by atoms with Crippen LogP contribution in [-0.2, 0) is 0 Å². The molecule has 0 saturated heterocycles. The van der Waals surface area contributed by atoms with Crippen LogP contribution >= 0.6 is 0 Å². The molecule has 3 rings (SSSR count). The van der Waals surface area contributed by atoms with E-state index in [0.717, 1.165) is 5.69 Å². The fourth-order valence-electron chi connectivity index (χ4n) is 2.72. The first-order valence-corrected chi connectivity index (χ1v) is 8.47. The lowest BCUT2D eigenvalue weighted by molar-refractivity contribution is 0.379. The van der Waals surface area contributed by atoms with E-state index in [0.29, 0.717) is 28.4 Å². The lowest BCUT2D eigenvalue weighted by atomic mass is 10.1. The first-order valence-electron chi connectivity index (χ1n) is 8.47. The zero-order valence-corrected chi connectivity index (χ0v) is 15.1. The number of benzene rings is 3. The number of anilines is 1. The molecule has 0 aromatic heterocycles. The average molecular weight is 362 g/mol. The van der Waals surface area contributed by atoms with Crippen molar-refractivity contribution in [1.29, 1.82) is 5.26 Å². The molecular formula is C22H19FN2O2. The second-order valence-corrected chi connectivity index (χ2v) is 5.99. The highest BCUT2D eigenvalue weighted by Gasteiger charge is 2.11. The Labute approximate surface area is 157 Å². The Bertz CT molecular complexity index is 965. The van der Waals surface area contributed by atoms with Crippen LogP contribution in [0.15, 0.2) is 66.7 Å². The summed E-state index contributed by atoms with van der Waals surface area (Å²) in [4.78, 5) is 0. The summed E-state index contributed by atoms with van der Waals surface area (Å²) in [6.07, 6.45) is 0. The van der Waals surface area contributed by atoms with Crippen LogP contribution in [0.5, 0.6) is 17.2 Å². The van der Waals surface area contributed by atoms with E-state index in [1.54, 1.807) is 30.3 Å². The van der Waals surface area contributed by atoms with Crippen molar-refractivity contribution in [3.63, 3.8) is 0 Å². The van der Waals surface area contributed by atoms with Crippen LogP contribution in [0, 0.1) is 17.1 Å². The number of nitrogens with one attached hydrogen (secondary N) is 1. The van der Waals surface area contributed by atoms with Gasteiger partial charge in [-0.2, -0.15) is 5.26 Å². The molecule has 0 bridgehead atoms. The van der Waals surface area contributed by atoms with Gasteiger partial charge < -0.3 is 14.8 Å². The van der Waals surface area contributed by atoms with Gasteiger partial charge in [0.05, 0.1) is 24.8 Å². The third-order valence-electron chi connectivity index (χ3n) is 4.13. The fraction of sp³-hybridized carbons (Fsp3) is 0.136. The maximum absolute atomic E-state index is 13.9. The van der Waals surface area contributed by atoms with Crippen molar-refractivity contribution in [3.05, 3.63) is 83.7 Å². The van der Waals surface area contributed by atoms with E-state index in [4.69, 9.17) is 14.7 Å². The molecular weight excluding hydrogens is 343 g/mol. The molecule has 1 atom stereocenters. The minimum Gasteiger partial charge on any atom is -0.493 e. The Morgan fingerprint density at radius 2 is 1.74 bits per heavy atom. The van der Waals surface area contributed by atoms with Crippen molar-refractivity contribution in [2.75, 3.05) is 12.4 Å². The van der Waals surface area contributed by atoms with Gasteiger partial charge in [0, 0.05) is 17.3 Å². The van der Waals surface area contributed by atoms with Gasteiger partial charge in [0.1, 0.15) is 11.6 Å². The van der Waals surface area contributed by atoms with Crippen LogP contribution < -0.4 is 14.8 Å². The summed E-state index contributed by atoms with van der Waals surface area (Å²) in [5.74, 6) is 1.41. The van der Waals surface area contributed by atoms with Crippen molar-refractivity contribution >= 4 is 5.69 Å². The number of hydrogen-bond donors (Lipinski definition) is 1. The molecule has 0 amide bonds. The number of nitriles is 1. The first-order chi connectivity index (χ1) is 13.1. The third-order valence-corrected chi connectivity index (χ3v) is 4.13. The number of methoxy groups -OCH3 is 1. The lowest BCUT2D eigenvalue weighted by Gasteiger charge is -2.17. The lowest BCUT2D eigenvalue weighted by Crippen LogP contribution is -2.08. The number of ether oxygens (including phenoxy) is 2. The van der Waals surface area contributed by atoms with E-state index in [1.807, 2.05) is 37.3 Å². The molecule has 1 unspecified atom stereocenters. The number of hydrogen-bond acceptors (Lipinski definition) is 4. The summed E-state index contributed by atoms with van der Waals surface area (Å²) in [6, 6.07) is 21.0. The molecule has 0 fully saturated rings. The maximum atomic E-state index is 13.9. The molecule has 0 aliphatic carbocycles. The molecule has 0 spiro atoms. The first kappa shape index (κ1) is 18.3. The molecule has 0 aliphatic heterocycles. The Morgan fingerprint density at radius 3 is 2.41 bits per heavy atom. The molecule has 27 heavy (non-hydrogen) atoms. The van der Waals surface area contributed by atoms with E-state index >= 15 is 0 Å². The summed E-state index contributed by atoms with van der Waals surface area (Å²) in [7, 11) is 1.53. The third kappa shape index (κ3) is 4.36. The zero-order chi connectivity index (χ0) is 19.2. The Kier molecular flexibility index (Phi) is 5.58. The van der Waals surface area contributed by atoms with Crippen molar-refractivity contribution in [2.24, 2.45) is 0 Å². The van der Waals surface area contributed by atoms with Gasteiger partial charge >= 0.3 is 0 Å². The van der Waals surface area contributed by atoms with Gasteiger partial charge in [-0.05, 0) is 49.4 Å². The van der Waals surface area contributed by atoms with Gasteiger partial charge in [0.15, 0.2) is 11.5 Å². The molecule has 0 aliphatic rings. The number of nitrogens with zero attached hydrogens (tertiary/aromatic N) is 1. The Hall–Kier alpha value is -3.52. The van der Waals surface area contributed by atoms with Crippen molar-refractivity contribution in [1.82, 2.24) is 0 Å². The molecule has 0 saturated carbocycles. The molecule has 0 heterocycles. The topological polar surface area (TPSA) is 54.3 Å². The summed E-state index contributed by atoms with van der Waals surface area (Å²) < 4.78 is 25.0. The SMILES string of the molecule is COc1cc(C#N)ccc1Oc1ccc(NC(C)c2ccccc2F)cc1. The van der Waals surface area contributed by atoms with Gasteiger partial charge in [-0.3, -0.25) is 0 Å². The monoisotopic (exact) mass is 362 g/mol. The van der Waals surface area contributed by atoms with E-state index in [9.17, 15) is 4.39 Å². The molecule has 1 N–H and O–H groups in total. The van der Waals surface area contributed by atoms with Gasteiger partial charge in [0.25, 0.3) is 0 Å². The van der Waals surface area contributed by atoms with Gasteiger partial charge in [0.2, 0.25) is 0 Å². The molecule has 3 aromatic carbocycles. The highest BCUT2D eigenvalue weighted by atomic mass is 19.1. The number of halogens is 1. The minimum atomic E-state index is -0.231. The molecule has 3 aromatic rings. The largest absolute Gasteiger partial charge is 0.493 e. The normalized spacial score (nSPS) is 11.3. The van der Waals surface area contributed by atoms with Gasteiger partial charge in [-0.1, -0.05) is 18.2 Å². The van der Waals surface area contributed by atoms with Crippen LogP contribution in [0.2, 0.25) is 0 Å². The van der Waals surface area contributed by atoms with Crippen LogP contribution in [0.25, 0.3) is 0 Å². The molecule has 136 valence electrons. The quantitative estimate of drug-likeness (QED) is 0.614. The van der Waals surface area contributed by atoms with Crippen molar-refractivity contribution in [3.8, 4) is 23.3 Å². The molecule has 0 radical (unpaired) electrons. The Balaban J connectivity index is 1.71. The van der Waals surface area contributed by atoms with E-state index in [-0.39, 0.29) is 11.9 Å². The Morgan fingerprint density at radius 1 is 1.00 bits per heavy atom. The number of rotatable bonds is 6. The van der Waals surface area contributed by atoms with Gasteiger partial charge in [-0.25, -0.2) is 4.39 Å². The average Bonchev–Trinajstić information content (AvgIpc) is 2.70. The predicted octanol–water partition coefficient (Wildman–Crippen LogP) is 5.67. The molecule has 5 heteroatoms. The standard InChI is InChI=1S/C22H19FN2O2/c1-15(19-5-3-4-6-20(19)23)25-17-8-10-18(11-9-17)27-21-12-7-16(14-24)13-22(21)26-2/h3-13,15,25H,1-2H3. The van der Waals surface area contributed by atoms with Crippen molar-refractivity contribution in [2.45, 2.75) is 13.0 Å². The van der Waals surface area contributed by atoms with Crippen LogP contribution in [-0.4, -0.2) is 7.11 Å².